The van der Waals surface area contributed by atoms with Crippen molar-refractivity contribution < 1.29 is 9.59 Å². The smallest absolute Gasteiger partial charge is 0.226 e. The molecule has 1 aromatic heterocycles. The number of anilines is 1. The lowest BCUT2D eigenvalue weighted by atomic mass is 10.0. The Hall–Kier alpha value is -3.12. The van der Waals surface area contributed by atoms with Crippen molar-refractivity contribution in [2.24, 2.45) is 0 Å². The molecule has 0 bridgehead atoms. The van der Waals surface area contributed by atoms with E-state index in [1.54, 1.807) is 41.3 Å². The van der Waals surface area contributed by atoms with Crippen LogP contribution in [0.25, 0.3) is 0 Å². The number of benzene rings is 2. The molecule has 1 heterocycles. The van der Waals surface area contributed by atoms with E-state index in [4.69, 9.17) is 11.6 Å². The molecule has 0 aliphatic rings. The second kappa shape index (κ2) is 9.19. The number of carbonyl (C=O) groups is 2. The van der Waals surface area contributed by atoms with Crippen molar-refractivity contribution in [2.75, 3.05) is 5.32 Å². The van der Waals surface area contributed by atoms with E-state index in [2.05, 4.69) is 15.7 Å². The summed E-state index contributed by atoms with van der Waals surface area (Å²) in [6.07, 6.45) is 3.49. The van der Waals surface area contributed by atoms with Crippen LogP contribution in [0, 0.1) is 0 Å². The minimum atomic E-state index is -0.436. The molecular formula is C21H21ClN4O2. The van der Waals surface area contributed by atoms with Crippen LogP contribution in [-0.4, -0.2) is 21.6 Å². The lowest BCUT2D eigenvalue weighted by molar-refractivity contribution is -0.120. The summed E-state index contributed by atoms with van der Waals surface area (Å²) in [6, 6.07) is 16.6. The van der Waals surface area contributed by atoms with Crippen LogP contribution in [0.2, 0.25) is 5.02 Å². The SMILES string of the molecule is CC(=O)NC(CC(=O)Nc1cnn(Cc2ccccc2)c1)c1ccc(Cl)cc1. The van der Waals surface area contributed by atoms with Crippen LogP contribution in [0.1, 0.15) is 30.5 Å². The minimum Gasteiger partial charge on any atom is -0.349 e. The number of nitrogens with zero attached hydrogens (tertiary/aromatic N) is 2. The van der Waals surface area contributed by atoms with E-state index < -0.39 is 6.04 Å². The second-order valence-corrected chi connectivity index (χ2v) is 6.91. The second-order valence-electron chi connectivity index (χ2n) is 6.47. The summed E-state index contributed by atoms with van der Waals surface area (Å²) in [5.41, 5.74) is 2.55. The standard InChI is InChI=1S/C21H21ClN4O2/c1-15(27)24-20(17-7-9-18(22)10-8-17)11-21(28)25-19-12-23-26(14-19)13-16-5-3-2-4-6-16/h2-10,12,14,20H,11,13H2,1H3,(H,24,27)(H,25,28). The molecule has 0 saturated heterocycles. The van der Waals surface area contributed by atoms with Crippen LogP contribution >= 0.6 is 11.6 Å². The van der Waals surface area contributed by atoms with Crippen molar-refractivity contribution >= 4 is 29.1 Å². The maximum atomic E-state index is 12.5. The van der Waals surface area contributed by atoms with Gasteiger partial charge in [-0.1, -0.05) is 54.1 Å². The van der Waals surface area contributed by atoms with Gasteiger partial charge in [0.15, 0.2) is 0 Å². The van der Waals surface area contributed by atoms with Crippen LogP contribution < -0.4 is 10.6 Å². The van der Waals surface area contributed by atoms with Crippen molar-refractivity contribution in [2.45, 2.75) is 25.9 Å². The number of hydrogen-bond acceptors (Lipinski definition) is 3. The number of nitrogens with one attached hydrogen (secondary N) is 2. The average Bonchev–Trinajstić information content (AvgIpc) is 3.09. The number of aromatic nitrogens is 2. The Bertz CT molecular complexity index is 939. The van der Waals surface area contributed by atoms with Crippen molar-refractivity contribution in [1.29, 1.82) is 0 Å². The van der Waals surface area contributed by atoms with Crippen LogP contribution in [-0.2, 0) is 16.1 Å². The van der Waals surface area contributed by atoms with E-state index in [1.165, 1.54) is 6.92 Å². The Balaban J connectivity index is 1.62. The Labute approximate surface area is 168 Å². The van der Waals surface area contributed by atoms with Crippen LogP contribution in [0.4, 0.5) is 5.69 Å². The van der Waals surface area contributed by atoms with Gasteiger partial charge in [0.2, 0.25) is 11.8 Å². The van der Waals surface area contributed by atoms with Crippen molar-refractivity contribution in [3.8, 4) is 0 Å². The third-order valence-corrected chi connectivity index (χ3v) is 4.40. The molecule has 7 heteroatoms. The first kappa shape index (κ1) is 19.6. The predicted octanol–water partition coefficient (Wildman–Crippen LogP) is 3.79. The summed E-state index contributed by atoms with van der Waals surface area (Å²) in [5.74, 6) is -0.420. The van der Waals surface area contributed by atoms with E-state index in [0.29, 0.717) is 17.3 Å². The fraction of sp³-hybridized carbons (Fsp3) is 0.190. The Morgan fingerprint density at radius 3 is 2.50 bits per heavy atom. The topological polar surface area (TPSA) is 76.0 Å². The average molecular weight is 397 g/mol. The molecule has 28 heavy (non-hydrogen) atoms. The molecule has 0 spiro atoms. The zero-order chi connectivity index (χ0) is 19.9. The Morgan fingerprint density at radius 1 is 1.11 bits per heavy atom. The molecule has 0 radical (unpaired) electrons. The van der Waals surface area contributed by atoms with Gasteiger partial charge in [0.1, 0.15) is 0 Å². The highest BCUT2D eigenvalue weighted by atomic mass is 35.5. The van der Waals surface area contributed by atoms with E-state index in [1.807, 2.05) is 30.3 Å². The normalized spacial score (nSPS) is 11.6. The summed E-state index contributed by atoms with van der Waals surface area (Å²) in [5, 5.41) is 10.5. The van der Waals surface area contributed by atoms with Crippen LogP contribution in [0.15, 0.2) is 67.0 Å². The third kappa shape index (κ3) is 5.69. The van der Waals surface area contributed by atoms with Crippen molar-refractivity contribution in [3.63, 3.8) is 0 Å². The summed E-state index contributed by atoms with van der Waals surface area (Å²) >= 11 is 5.92. The fourth-order valence-corrected chi connectivity index (χ4v) is 3.00. The van der Waals surface area contributed by atoms with Gasteiger partial charge < -0.3 is 10.6 Å². The van der Waals surface area contributed by atoms with Crippen LogP contribution in [0.5, 0.6) is 0 Å². The first-order valence-electron chi connectivity index (χ1n) is 8.88. The number of rotatable bonds is 7. The largest absolute Gasteiger partial charge is 0.349 e. The zero-order valence-electron chi connectivity index (χ0n) is 15.4. The monoisotopic (exact) mass is 396 g/mol. The highest BCUT2D eigenvalue weighted by Crippen LogP contribution is 2.20. The molecule has 2 N–H and O–H groups in total. The molecule has 3 rings (SSSR count). The molecule has 6 nitrogen and oxygen atoms in total. The minimum absolute atomic E-state index is 0.102. The quantitative estimate of drug-likeness (QED) is 0.638. The molecule has 2 amide bonds. The van der Waals surface area contributed by atoms with Gasteiger partial charge in [-0.15, -0.1) is 0 Å². The van der Waals surface area contributed by atoms with Gasteiger partial charge >= 0.3 is 0 Å². The van der Waals surface area contributed by atoms with Gasteiger partial charge in [-0.25, -0.2) is 0 Å². The Morgan fingerprint density at radius 2 is 1.82 bits per heavy atom. The highest BCUT2D eigenvalue weighted by Gasteiger charge is 2.17. The summed E-state index contributed by atoms with van der Waals surface area (Å²) in [4.78, 5) is 24.0. The summed E-state index contributed by atoms with van der Waals surface area (Å²) < 4.78 is 1.76. The maximum Gasteiger partial charge on any atom is 0.226 e. The van der Waals surface area contributed by atoms with Gasteiger partial charge in [-0.05, 0) is 23.3 Å². The number of carbonyl (C=O) groups excluding carboxylic acids is 2. The molecule has 144 valence electrons. The van der Waals surface area contributed by atoms with Gasteiger partial charge in [-0.2, -0.15) is 5.10 Å². The molecule has 3 aromatic rings. The zero-order valence-corrected chi connectivity index (χ0v) is 16.2. The third-order valence-electron chi connectivity index (χ3n) is 4.14. The van der Waals surface area contributed by atoms with Crippen LogP contribution in [0.3, 0.4) is 0 Å². The van der Waals surface area contributed by atoms with Gasteiger partial charge in [0.05, 0.1) is 30.9 Å². The van der Waals surface area contributed by atoms with E-state index >= 15 is 0 Å². The van der Waals surface area contributed by atoms with E-state index in [0.717, 1.165) is 11.1 Å². The molecule has 0 saturated carbocycles. The molecular weight excluding hydrogens is 376 g/mol. The summed E-state index contributed by atoms with van der Waals surface area (Å²) in [6.45, 7) is 2.05. The lowest BCUT2D eigenvalue weighted by Crippen LogP contribution is -2.29. The molecule has 0 fully saturated rings. The van der Waals surface area contributed by atoms with E-state index in [-0.39, 0.29) is 18.2 Å². The molecule has 1 unspecified atom stereocenters. The van der Waals surface area contributed by atoms with Crippen molar-refractivity contribution in [3.05, 3.63) is 83.1 Å². The number of amides is 2. The lowest BCUT2D eigenvalue weighted by Gasteiger charge is -2.18. The first-order chi connectivity index (χ1) is 13.5. The van der Waals surface area contributed by atoms with Gasteiger partial charge in [0.25, 0.3) is 0 Å². The fourth-order valence-electron chi connectivity index (χ4n) is 2.88. The number of halogens is 1. The maximum absolute atomic E-state index is 12.5. The predicted molar refractivity (Wildman–Crippen MR) is 109 cm³/mol. The number of hydrogen-bond donors (Lipinski definition) is 2. The van der Waals surface area contributed by atoms with E-state index in [9.17, 15) is 9.59 Å². The first-order valence-corrected chi connectivity index (χ1v) is 9.26. The molecule has 0 aliphatic heterocycles. The molecule has 2 aromatic carbocycles. The molecule has 0 aliphatic carbocycles. The highest BCUT2D eigenvalue weighted by molar-refractivity contribution is 6.30. The van der Waals surface area contributed by atoms with Gasteiger partial charge in [-0.3, -0.25) is 14.3 Å². The van der Waals surface area contributed by atoms with Gasteiger partial charge in [0, 0.05) is 18.1 Å². The molecule has 1 atom stereocenters. The summed E-state index contributed by atoms with van der Waals surface area (Å²) in [7, 11) is 0. The van der Waals surface area contributed by atoms with Crippen molar-refractivity contribution in [1.82, 2.24) is 15.1 Å². The Kier molecular flexibility index (Phi) is 6.45.